The Labute approximate surface area is 128 Å². The summed E-state index contributed by atoms with van der Waals surface area (Å²) < 4.78 is 0. The van der Waals surface area contributed by atoms with Crippen molar-refractivity contribution >= 4 is 40.0 Å². The number of anilines is 2. The average Bonchev–Trinajstić information content (AvgIpc) is 2.83. The van der Waals surface area contributed by atoms with Gasteiger partial charge in [0.15, 0.2) is 5.16 Å². The number of nitrogens with zero attached hydrogens (tertiary/aromatic N) is 3. The van der Waals surface area contributed by atoms with Gasteiger partial charge in [0, 0.05) is 12.5 Å². The number of carbonyl (C=O) groups excluding carboxylic acids is 1. The Kier molecular flexibility index (Phi) is 5.28. The standard InChI is InChI=1S/C11H14N6O2S2/c1-2-3-9-16-17-11(21-9)15-8(19)5-20-10-13-6(12)4-7(18)14-10/h4H,2-3,5H2,1H3,(H,15,17,19)(H3,12,13,14,18). The normalized spacial score (nSPS) is 10.5. The van der Waals surface area contributed by atoms with E-state index >= 15 is 0 Å². The van der Waals surface area contributed by atoms with E-state index in [0.29, 0.717) is 10.3 Å². The van der Waals surface area contributed by atoms with Gasteiger partial charge in [-0.1, -0.05) is 30.0 Å². The molecule has 0 bridgehead atoms. The Morgan fingerprint density at radius 3 is 3.05 bits per heavy atom. The van der Waals surface area contributed by atoms with Crippen LogP contribution in [0.1, 0.15) is 18.4 Å². The molecule has 0 aliphatic heterocycles. The van der Waals surface area contributed by atoms with Crippen LogP contribution in [-0.2, 0) is 11.2 Å². The maximum Gasteiger partial charge on any atom is 0.253 e. The summed E-state index contributed by atoms with van der Waals surface area (Å²) in [6, 6.07) is 1.18. The molecule has 0 fully saturated rings. The van der Waals surface area contributed by atoms with Crippen LogP contribution in [0.15, 0.2) is 16.0 Å². The number of aromatic amines is 1. The van der Waals surface area contributed by atoms with Crippen molar-refractivity contribution in [3.8, 4) is 0 Å². The number of rotatable bonds is 6. The van der Waals surface area contributed by atoms with Gasteiger partial charge in [0.1, 0.15) is 10.8 Å². The van der Waals surface area contributed by atoms with Crippen molar-refractivity contribution < 1.29 is 4.79 Å². The third kappa shape index (κ3) is 4.83. The summed E-state index contributed by atoms with van der Waals surface area (Å²) in [5.74, 6) is -0.0333. The second-order valence-corrected chi connectivity index (χ2v) is 6.09. The van der Waals surface area contributed by atoms with Crippen LogP contribution >= 0.6 is 23.1 Å². The van der Waals surface area contributed by atoms with E-state index in [9.17, 15) is 9.59 Å². The van der Waals surface area contributed by atoms with Crippen molar-refractivity contribution in [1.82, 2.24) is 20.2 Å². The molecular weight excluding hydrogens is 312 g/mol. The summed E-state index contributed by atoms with van der Waals surface area (Å²) in [5, 5.41) is 12.2. The largest absolute Gasteiger partial charge is 0.383 e. The predicted molar refractivity (Wildman–Crippen MR) is 82.5 cm³/mol. The van der Waals surface area contributed by atoms with Crippen molar-refractivity contribution in [1.29, 1.82) is 0 Å². The van der Waals surface area contributed by atoms with Crippen LogP contribution in [0.4, 0.5) is 10.9 Å². The Balaban J connectivity index is 1.87. The molecule has 2 aromatic heterocycles. The molecule has 0 saturated carbocycles. The number of aromatic nitrogens is 4. The lowest BCUT2D eigenvalue weighted by Crippen LogP contribution is -2.15. The zero-order valence-corrected chi connectivity index (χ0v) is 12.9. The molecule has 8 nitrogen and oxygen atoms in total. The third-order valence-electron chi connectivity index (χ3n) is 2.26. The molecule has 0 saturated heterocycles. The number of H-pyrrole nitrogens is 1. The van der Waals surface area contributed by atoms with E-state index in [0.717, 1.165) is 29.6 Å². The van der Waals surface area contributed by atoms with E-state index < -0.39 is 0 Å². The van der Waals surface area contributed by atoms with Crippen molar-refractivity contribution in [2.75, 3.05) is 16.8 Å². The summed E-state index contributed by atoms with van der Waals surface area (Å²) in [6.45, 7) is 2.05. The Morgan fingerprint density at radius 1 is 1.52 bits per heavy atom. The Morgan fingerprint density at radius 2 is 2.33 bits per heavy atom. The molecule has 2 aromatic rings. The lowest BCUT2D eigenvalue weighted by Gasteiger charge is -2.01. The number of nitrogens with one attached hydrogen (secondary N) is 2. The molecule has 0 aromatic carbocycles. The lowest BCUT2D eigenvalue weighted by molar-refractivity contribution is -0.113. The molecule has 0 radical (unpaired) electrons. The van der Waals surface area contributed by atoms with Crippen molar-refractivity contribution in [3.63, 3.8) is 0 Å². The van der Waals surface area contributed by atoms with Crippen molar-refractivity contribution in [3.05, 3.63) is 21.4 Å². The van der Waals surface area contributed by atoms with Gasteiger partial charge in [-0.15, -0.1) is 10.2 Å². The Bertz CT molecular complexity index is 683. The quantitative estimate of drug-likeness (QED) is 0.531. The zero-order valence-electron chi connectivity index (χ0n) is 11.3. The molecule has 0 unspecified atom stereocenters. The van der Waals surface area contributed by atoms with Crippen LogP contribution in [0, 0.1) is 0 Å². The summed E-state index contributed by atoms with van der Waals surface area (Å²) in [7, 11) is 0. The van der Waals surface area contributed by atoms with Gasteiger partial charge in [-0.3, -0.25) is 14.9 Å². The number of thioether (sulfide) groups is 1. The molecule has 0 spiro atoms. The van der Waals surface area contributed by atoms with Crippen LogP contribution in [0.2, 0.25) is 0 Å². The predicted octanol–water partition coefficient (Wildman–Crippen LogP) is 0.887. The highest BCUT2D eigenvalue weighted by Gasteiger charge is 2.09. The van der Waals surface area contributed by atoms with Crippen molar-refractivity contribution in [2.45, 2.75) is 24.9 Å². The highest BCUT2D eigenvalue weighted by atomic mass is 32.2. The first kappa shape index (κ1) is 15.4. The maximum absolute atomic E-state index is 11.8. The molecule has 4 N–H and O–H groups in total. The summed E-state index contributed by atoms with van der Waals surface area (Å²) >= 11 is 2.45. The van der Waals surface area contributed by atoms with Gasteiger partial charge in [0.05, 0.1) is 5.75 Å². The van der Waals surface area contributed by atoms with Gasteiger partial charge in [0.2, 0.25) is 11.0 Å². The lowest BCUT2D eigenvalue weighted by atomic mass is 10.4. The fourth-order valence-electron chi connectivity index (χ4n) is 1.43. The topological polar surface area (TPSA) is 127 Å². The van der Waals surface area contributed by atoms with Crippen LogP contribution in [-0.4, -0.2) is 31.8 Å². The SMILES string of the molecule is CCCc1nnc(NC(=O)CSc2nc(N)cc(=O)[nH]2)s1. The third-order valence-corrected chi connectivity index (χ3v) is 4.03. The highest BCUT2D eigenvalue weighted by Crippen LogP contribution is 2.17. The van der Waals surface area contributed by atoms with Gasteiger partial charge in [0.25, 0.3) is 5.56 Å². The molecular formula is C11H14N6O2S2. The summed E-state index contributed by atoms with van der Waals surface area (Å²) in [6.07, 6.45) is 1.82. The Hall–Kier alpha value is -1.94. The molecule has 21 heavy (non-hydrogen) atoms. The van der Waals surface area contributed by atoms with Gasteiger partial charge in [-0.05, 0) is 6.42 Å². The number of nitrogen functional groups attached to an aromatic ring is 1. The van der Waals surface area contributed by atoms with E-state index in [2.05, 4.69) is 32.4 Å². The monoisotopic (exact) mass is 326 g/mol. The number of hydrogen-bond acceptors (Lipinski definition) is 8. The number of hydrogen-bond donors (Lipinski definition) is 3. The molecule has 2 heterocycles. The number of amides is 1. The molecule has 0 aliphatic rings. The minimum Gasteiger partial charge on any atom is -0.383 e. The van der Waals surface area contributed by atoms with Gasteiger partial charge in [-0.2, -0.15) is 0 Å². The van der Waals surface area contributed by atoms with Crippen LogP contribution < -0.4 is 16.6 Å². The first-order chi connectivity index (χ1) is 10.1. The molecule has 10 heteroatoms. The summed E-state index contributed by atoms with van der Waals surface area (Å²) in [5.41, 5.74) is 5.11. The van der Waals surface area contributed by atoms with Crippen molar-refractivity contribution in [2.24, 2.45) is 0 Å². The van der Waals surface area contributed by atoms with Gasteiger partial charge in [-0.25, -0.2) is 4.98 Å². The minimum absolute atomic E-state index is 0.0923. The smallest absolute Gasteiger partial charge is 0.253 e. The van der Waals surface area contributed by atoms with Crippen LogP contribution in [0.3, 0.4) is 0 Å². The summed E-state index contributed by atoms with van der Waals surface area (Å²) in [4.78, 5) is 29.4. The fraction of sp³-hybridized carbons (Fsp3) is 0.364. The minimum atomic E-state index is -0.348. The first-order valence-electron chi connectivity index (χ1n) is 6.18. The highest BCUT2D eigenvalue weighted by molar-refractivity contribution is 7.99. The molecule has 1 amide bonds. The molecule has 112 valence electrons. The first-order valence-corrected chi connectivity index (χ1v) is 7.99. The molecule has 0 aliphatic carbocycles. The van der Waals surface area contributed by atoms with E-state index in [1.54, 1.807) is 0 Å². The van der Waals surface area contributed by atoms with Gasteiger partial charge < -0.3 is 10.7 Å². The average molecular weight is 326 g/mol. The van der Waals surface area contributed by atoms with E-state index in [1.165, 1.54) is 17.4 Å². The fourth-order valence-corrected chi connectivity index (χ4v) is 2.97. The number of carbonyl (C=O) groups is 1. The van der Waals surface area contributed by atoms with E-state index in [4.69, 9.17) is 5.73 Å². The van der Waals surface area contributed by atoms with Crippen LogP contribution in [0.5, 0.6) is 0 Å². The van der Waals surface area contributed by atoms with Crippen LogP contribution in [0.25, 0.3) is 0 Å². The van der Waals surface area contributed by atoms with E-state index in [-0.39, 0.29) is 23.0 Å². The molecule has 0 atom stereocenters. The number of nitrogens with two attached hydrogens (primary N) is 1. The maximum atomic E-state index is 11.8. The molecule has 2 rings (SSSR count). The van der Waals surface area contributed by atoms with E-state index in [1.807, 2.05) is 0 Å². The second kappa shape index (κ2) is 7.18. The van der Waals surface area contributed by atoms with Gasteiger partial charge >= 0.3 is 0 Å². The zero-order chi connectivity index (χ0) is 15.2. The second-order valence-electron chi connectivity index (χ2n) is 4.06. The number of aryl methyl sites for hydroxylation is 1.